The summed E-state index contributed by atoms with van der Waals surface area (Å²) in [6, 6.07) is -0.226. The number of hydrogen-bond donors (Lipinski definition) is 2. The fourth-order valence-corrected chi connectivity index (χ4v) is 2.38. The Balaban J connectivity index is 2.33. The Kier molecular flexibility index (Phi) is 4.42. The number of hydrogen-bond acceptors (Lipinski definition) is 5. The van der Waals surface area contributed by atoms with Crippen LogP contribution in [0.15, 0.2) is 6.20 Å². The van der Waals surface area contributed by atoms with Crippen LogP contribution in [0.25, 0.3) is 0 Å². The zero-order valence-corrected chi connectivity index (χ0v) is 11.9. The lowest BCUT2D eigenvalue weighted by Crippen LogP contribution is -2.55. The second kappa shape index (κ2) is 6.06. The van der Waals surface area contributed by atoms with Crippen molar-refractivity contribution in [2.45, 2.75) is 26.3 Å². The van der Waals surface area contributed by atoms with Crippen molar-refractivity contribution in [3.05, 3.63) is 11.2 Å². The molecule has 0 radical (unpaired) electrons. The summed E-state index contributed by atoms with van der Waals surface area (Å²) in [7, 11) is 0. The molecule has 7 heteroatoms. The van der Waals surface area contributed by atoms with Crippen molar-refractivity contribution in [3.63, 3.8) is 0 Å². The lowest BCUT2D eigenvalue weighted by atomic mass is 10.1. The van der Waals surface area contributed by atoms with Crippen LogP contribution in [0.3, 0.4) is 0 Å². The third-order valence-electron chi connectivity index (χ3n) is 3.05. The van der Waals surface area contributed by atoms with E-state index < -0.39 is 0 Å². The number of carbonyl (C=O) groups is 1. The molecule has 1 aromatic heterocycles. The van der Waals surface area contributed by atoms with Gasteiger partial charge < -0.3 is 15.5 Å². The van der Waals surface area contributed by atoms with Gasteiger partial charge >= 0.3 is 0 Å². The first-order valence-corrected chi connectivity index (χ1v) is 6.86. The summed E-state index contributed by atoms with van der Waals surface area (Å²) in [4.78, 5) is 22.3. The molecule has 0 aliphatic carbocycles. The number of rotatable bonds is 4. The molecule has 1 saturated heterocycles. The van der Waals surface area contributed by atoms with Gasteiger partial charge in [0, 0.05) is 19.6 Å². The lowest BCUT2D eigenvalue weighted by Gasteiger charge is -2.35. The Morgan fingerprint density at radius 2 is 2.37 bits per heavy atom. The van der Waals surface area contributed by atoms with E-state index in [1.807, 2.05) is 18.7 Å². The van der Waals surface area contributed by atoms with E-state index in [4.69, 9.17) is 11.6 Å². The highest BCUT2D eigenvalue weighted by atomic mass is 35.5. The number of piperazine rings is 1. The van der Waals surface area contributed by atoms with E-state index in [2.05, 4.69) is 20.6 Å². The number of anilines is 2. The zero-order chi connectivity index (χ0) is 13.8. The van der Waals surface area contributed by atoms with Crippen LogP contribution in [0.5, 0.6) is 0 Å². The van der Waals surface area contributed by atoms with Crippen molar-refractivity contribution >= 4 is 29.3 Å². The summed E-state index contributed by atoms with van der Waals surface area (Å²) >= 11 is 6.17. The fourth-order valence-electron chi connectivity index (χ4n) is 2.18. The minimum Gasteiger partial charge on any atom is -0.354 e. The highest BCUT2D eigenvalue weighted by molar-refractivity contribution is 6.32. The average Bonchev–Trinajstić information content (AvgIpc) is 2.41. The monoisotopic (exact) mass is 283 g/mol. The maximum Gasteiger partial charge on any atom is 0.242 e. The van der Waals surface area contributed by atoms with Gasteiger partial charge in [0.05, 0.1) is 6.20 Å². The van der Waals surface area contributed by atoms with Gasteiger partial charge in [-0.2, -0.15) is 4.98 Å². The summed E-state index contributed by atoms with van der Waals surface area (Å²) in [6.07, 6.45) is 2.28. The van der Waals surface area contributed by atoms with E-state index in [1.165, 1.54) is 0 Å². The summed E-state index contributed by atoms with van der Waals surface area (Å²) in [5.41, 5.74) is 0. The molecular weight excluding hydrogens is 266 g/mol. The van der Waals surface area contributed by atoms with Crippen LogP contribution in [0, 0.1) is 0 Å². The normalized spacial score (nSPS) is 19.2. The highest BCUT2D eigenvalue weighted by Gasteiger charge is 2.30. The van der Waals surface area contributed by atoms with Crippen molar-refractivity contribution < 1.29 is 4.79 Å². The first-order chi connectivity index (χ1) is 9.17. The SMILES string of the molecule is CCNc1ncc(Cl)c(N2CCNC(=O)C2CC)n1. The predicted molar refractivity (Wildman–Crippen MR) is 75.6 cm³/mol. The molecule has 19 heavy (non-hydrogen) atoms. The first-order valence-electron chi connectivity index (χ1n) is 6.48. The third-order valence-corrected chi connectivity index (χ3v) is 3.32. The van der Waals surface area contributed by atoms with Crippen LogP contribution in [0.1, 0.15) is 20.3 Å². The van der Waals surface area contributed by atoms with E-state index in [1.54, 1.807) is 6.20 Å². The van der Waals surface area contributed by atoms with Gasteiger partial charge in [-0.3, -0.25) is 4.79 Å². The molecule has 1 unspecified atom stereocenters. The van der Waals surface area contributed by atoms with Crippen molar-refractivity contribution in [2.75, 3.05) is 29.9 Å². The number of aromatic nitrogens is 2. The molecular formula is C12H18ClN5O. The van der Waals surface area contributed by atoms with Crippen LogP contribution in [0.2, 0.25) is 5.02 Å². The zero-order valence-electron chi connectivity index (χ0n) is 11.1. The summed E-state index contributed by atoms with van der Waals surface area (Å²) < 4.78 is 0. The third kappa shape index (κ3) is 2.89. The van der Waals surface area contributed by atoms with Gasteiger partial charge in [-0.05, 0) is 13.3 Å². The van der Waals surface area contributed by atoms with Gasteiger partial charge in [0.15, 0.2) is 5.82 Å². The molecule has 0 spiro atoms. The Hall–Kier alpha value is -1.56. The molecule has 0 bridgehead atoms. The predicted octanol–water partition coefficient (Wildman–Crippen LogP) is 1.28. The van der Waals surface area contributed by atoms with Crippen LogP contribution < -0.4 is 15.5 Å². The van der Waals surface area contributed by atoms with Crippen molar-refractivity contribution in [2.24, 2.45) is 0 Å². The molecule has 104 valence electrons. The largest absolute Gasteiger partial charge is 0.354 e. The van der Waals surface area contributed by atoms with Gasteiger partial charge in [0.1, 0.15) is 11.1 Å². The van der Waals surface area contributed by atoms with Gasteiger partial charge in [0.25, 0.3) is 0 Å². The van der Waals surface area contributed by atoms with Crippen LogP contribution in [-0.2, 0) is 4.79 Å². The molecule has 1 fully saturated rings. The number of carbonyl (C=O) groups excluding carboxylic acids is 1. The Labute approximate surface area is 117 Å². The summed E-state index contributed by atoms with van der Waals surface area (Å²) in [5, 5.41) is 6.38. The molecule has 1 aromatic rings. The van der Waals surface area contributed by atoms with Gasteiger partial charge in [-0.1, -0.05) is 18.5 Å². The molecule has 2 rings (SSSR count). The van der Waals surface area contributed by atoms with E-state index in [-0.39, 0.29) is 11.9 Å². The minimum absolute atomic E-state index is 0.0217. The standard InChI is InChI=1S/C12H18ClN5O/c1-3-9-11(19)15-5-6-18(9)10-8(13)7-16-12(17-10)14-4-2/h7,9H,3-6H2,1-2H3,(H,15,19)(H,14,16,17). The van der Waals surface area contributed by atoms with E-state index in [9.17, 15) is 4.79 Å². The number of nitrogens with zero attached hydrogens (tertiary/aromatic N) is 3. The molecule has 1 aliphatic heterocycles. The molecule has 1 amide bonds. The van der Waals surface area contributed by atoms with Gasteiger partial charge in [-0.25, -0.2) is 4.98 Å². The quantitative estimate of drug-likeness (QED) is 0.871. The Morgan fingerprint density at radius 3 is 3.05 bits per heavy atom. The second-order valence-corrected chi connectivity index (χ2v) is 4.71. The smallest absolute Gasteiger partial charge is 0.242 e. The number of nitrogens with one attached hydrogen (secondary N) is 2. The van der Waals surface area contributed by atoms with Crippen LogP contribution in [-0.4, -0.2) is 41.6 Å². The highest BCUT2D eigenvalue weighted by Crippen LogP contribution is 2.27. The lowest BCUT2D eigenvalue weighted by molar-refractivity contribution is -0.123. The van der Waals surface area contributed by atoms with Crippen molar-refractivity contribution in [1.82, 2.24) is 15.3 Å². The number of halogens is 1. The maximum absolute atomic E-state index is 11.9. The van der Waals surface area contributed by atoms with Crippen LogP contribution >= 0.6 is 11.6 Å². The van der Waals surface area contributed by atoms with E-state index >= 15 is 0 Å². The van der Waals surface area contributed by atoms with Crippen molar-refractivity contribution in [1.29, 1.82) is 0 Å². The fraction of sp³-hybridized carbons (Fsp3) is 0.583. The molecule has 2 N–H and O–H groups in total. The first kappa shape index (κ1) is 13.9. The molecule has 1 aliphatic rings. The van der Waals surface area contributed by atoms with Crippen LogP contribution in [0.4, 0.5) is 11.8 Å². The molecule has 2 heterocycles. The number of amides is 1. The summed E-state index contributed by atoms with van der Waals surface area (Å²) in [6.45, 7) is 5.99. The Bertz CT molecular complexity index is 467. The van der Waals surface area contributed by atoms with Gasteiger partial charge in [-0.15, -0.1) is 0 Å². The van der Waals surface area contributed by atoms with E-state index in [0.717, 1.165) is 6.54 Å². The maximum atomic E-state index is 11.9. The Morgan fingerprint density at radius 1 is 1.58 bits per heavy atom. The van der Waals surface area contributed by atoms with Crippen molar-refractivity contribution in [3.8, 4) is 0 Å². The average molecular weight is 284 g/mol. The molecule has 1 atom stereocenters. The van der Waals surface area contributed by atoms with E-state index in [0.29, 0.717) is 36.3 Å². The minimum atomic E-state index is -0.226. The molecule has 0 aromatic carbocycles. The topological polar surface area (TPSA) is 70.2 Å². The molecule has 6 nitrogen and oxygen atoms in total. The molecule has 0 saturated carbocycles. The van der Waals surface area contributed by atoms with Gasteiger partial charge in [0.2, 0.25) is 11.9 Å². The summed E-state index contributed by atoms with van der Waals surface area (Å²) in [5.74, 6) is 1.17. The second-order valence-electron chi connectivity index (χ2n) is 4.30.